The Morgan fingerprint density at radius 2 is 0.167 bits per heavy atom. The lowest BCUT2D eigenvalue weighted by Gasteiger charge is -2.39. The van der Waals surface area contributed by atoms with Crippen LogP contribution < -0.4 is 0 Å². The Morgan fingerprint density at radius 1 is 0.0938 bits per heavy atom. The van der Waals surface area contributed by atoms with Crippen LogP contribution in [0.4, 0.5) is 0 Å². The van der Waals surface area contributed by atoms with Crippen LogP contribution >= 0.6 is 0 Å². The Bertz CT molecular complexity index is 1460. The molecule has 0 spiro atoms. The van der Waals surface area contributed by atoms with Crippen molar-refractivity contribution in [1.29, 1.82) is 0 Å². The average Bonchev–Trinajstić information content (AvgIpc) is 0.893. The number of hydrogen-bond donors (Lipinski definition) is 0. The van der Waals surface area contributed by atoms with Crippen LogP contribution in [0.15, 0.2) is 0 Å². The van der Waals surface area contributed by atoms with E-state index in [1.54, 1.807) is 0 Å². The summed E-state index contributed by atoms with van der Waals surface area (Å²) >= 11 is 0. The van der Waals surface area contributed by atoms with E-state index in [4.69, 9.17) is 0 Å². The minimum absolute atomic E-state index is 0.793. The molecule has 13 unspecified atom stereocenters. The fraction of sp³-hybridized carbons (Fsp3) is 1.00. The Balaban J connectivity index is -0.000000595. The van der Waals surface area contributed by atoms with Gasteiger partial charge < -0.3 is 0 Å². The van der Waals surface area contributed by atoms with E-state index in [1.165, 1.54) is 103 Å². The van der Waals surface area contributed by atoms with Crippen molar-refractivity contribution in [1.82, 2.24) is 0 Å². The van der Waals surface area contributed by atoms with Gasteiger partial charge in [0.2, 0.25) is 0 Å². The van der Waals surface area contributed by atoms with Gasteiger partial charge in [-0.25, -0.2) is 0 Å². The van der Waals surface area contributed by atoms with Gasteiger partial charge in [-0.2, -0.15) is 0 Å². The second kappa shape index (κ2) is 54.6. The number of rotatable bonds is 48. The molecule has 25 atom stereocenters. The highest BCUT2D eigenvalue weighted by molar-refractivity contribution is 4.84. The molecule has 0 saturated carbocycles. The Labute approximate surface area is 616 Å². The third-order valence-corrected chi connectivity index (χ3v) is 27.3. The first-order valence-electron chi connectivity index (χ1n) is 43.8. The summed E-state index contributed by atoms with van der Waals surface area (Å²) in [5, 5.41) is 0. The smallest absolute Gasteiger partial charge is 0.0386 e. The zero-order chi connectivity index (χ0) is 76.1. The fourth-order valence-electron chi connectivity index (χ4n) is 20.0. The highest BCUT2D eigenvalue weighted by atomic mass is 14.4. The van der Waals surface area contributed by atoms with Gasteiger partial charge in [0.15, 0.2) is 0 Å². The third kappa shape index (κ3) is 49.6. The molecular formula is C96H200. The van der Waals surface area contributed by atoms with E-state index in [2.05, 4.69) is 305 Å². The lowest BCUT2D eigenvalue weighted by molar-refractivity contribution is 0.0954. The maximum absolute atomic E-state index is 2.51. The predicted octanol–water partition coefficient (Wildman–Crippen LogP) is 33.2. The van der Waals surface area contributed by atoms with Crippen LogP contribution in [-0.4, -0.2) is 0 Å². The van der Waals surface area contributed by atoms with Crippen molar-refractivity contribution in [2.75, 3.05) is 0 Å². The van der Waals surface area contributed by atoms with E-state index in [1.807, 2.05) is 0 Å². The second-order valence-corrected chi connectivity index (χ2v) is 41.8. The molecule has 0 aliphatic rings. The fourth-order valence-corrected chi connectivity index (χ4v) is 20.0. The molecule has 0 amide bonds. The molecule has 0 nitrogen and oxygen atoms in total. The molecule has 0 heterocycles. The van der Waals surface area contributed by atoms with Gasteiger partial charge in [-0.05, 0) is 316 Å². The summed E-state index contributed by atoms with van der Waals surface area (Å²) < 4.78 is 0. The minimum atomic E-state index is 0.793. The SMILES string of the molecule is CC(C)C(C)C(C)C(C)C(C)C(C)C(C)C(C)C(C)C.CC(C)C(C)C(C)C(C)C(C)C(C)C(C)C(C)C(C)C.CC(C)C[C@@H](C)C[C@@H](C)C[C@@H](C)CC(C)C[C@@H](C)C[C@@H](C)C[C@@H](C)CC(C)C.CC(C)C[C@@H](C)C[C@@H](C)C[C@@H](C)CC(C)C[C@H](C)C[C@H](C)C[C@H](C)CC(C)C. The Kier molecular flexibility index (Phi) is 58.2. The maximum atomic E-state index is 2.51. The van der Waals surface area contributed by atoms with E-state index in [0.29, 0.717) is 0 Å². The zero-order valence-electron chi connectivity index (χ0n) is 76.1. The van der Waals surface area contributed by atoms with Crippen molar-refractivity contribution < 1.29 is 0 Å². The van der Waals surface area contributed by atoms with Crippen molar-refractivity contribution in [2.24, 2.45) is 213 Å². The summed E-state index contributed by atoms with van der Waals surface area (Å²) in [7, 11) is 0. The van der Waals surface area contributed by atoms with Crippen molar-refractivity contribution >= 4 is 0 Å². The molecule has 0 radical (unpaired) electrons. The van der Waals surface area contributed by atoms with Gasteiger partial charge in [0.1, 0.15) is 0 Å². The van der Waals surface area contributed by atoms with Gasteiger partial charge >= 0.3 is 0 Å². The minimum Gasteiger partial charge on any atom is -0.0628 e. The third-order valence-electron chi connectivity index (χ3n) is 27.3. The molecule has 0 aliphatic carbocycles. The molecule has 0 aromatic rings. The van der Waals surface area contributed by atoms with Crippen LogP contribution in [0.5, 0.6) is 0 Å². The van der Waals surface area contributed by atoms with Crippen molar-refractivity contribution in [3.05, 3.63) is 0 Å². The summed E-state index contributed by atoms with van der Waals surface area (Å²) in [6, 6.07) is 0. The molecule has 0 aromatic heterocycles. The molecule has 96 heavy (non-hydrogen) atoms. The van der Waals surface area contributed by atoms with Gasteiger partial charge in [0, 0.05) is 0 Å². The van der Waals surface area contributed by atoms with E-state index >= 15 is 0 Å². The average molecular weight is 1350 g/mol. The lowest BCUT2D eigenvalue weighted by atomic mass is 9.66. The van der Waals surface area contributed by atoms with E-state index in [9.17, 15) is 0 Å². The monoisotopic (exact) mass is 1350 g/mol. The Hall–Kier alpha value is 0. The molecule has 0 rings (SSSR count). The van der Waals surface area contributed by atoms with Crippen LogP contribution in [0.3, 0.4) is 0 Å². The van der Waals surface area contributed by atoms with Gasteiger partial charge in [-0.15, -0.1) is 0 Å². The molecular weight excluding hydrogens is 1150 g/mol. The largest absolute Gasteiger partial charge is 0.0628 e. The summed E-state index contributed by atoms with van der Waals surface area (Å²) in [6.45, 7) is 107. The molecule has 0 aliphatic heterocycles. The number of hydrogen-bond acceptors (Lipinski definition) is 0. The molecule has 0 N–H and O–H groups in total. The second-order valence-electron chi connectivity index (χ2n) is 41.8. The van der Waals surface area contributed by atoms with Crippen molar-refractivity contribution in [3.63, 3.8) is 0 Å². The van der Waals surface area contributed by atoms with Gasteiger partial charge in [0.05, 0.1) is 0 Å². The zero-order valence-corrected chi connectivity index (χ0v) is 76.1. The van der Waals surface area contributed by atoms with Gasteiger partial charge in [-0.3, -0.25) is 0 Å². The molecule has 0 bridgehead atoms. The van der Waals surface area contributed by atoms with E-state index in [0.717, 1.165) is 213 Å². The molecule has 584 valence electrons. The normalized spacial score (nSPS) is 21.4. The van der Waals surface area contributed by atoms with Crippen LogP contribution in [0.25, 0.3) is 0 Å². The quantitative estimate of drug-likeness (QED) is 0.0570. The first-order chi connectivity index (χ1) is 43.8. The Morgan fingerprint density at radius 3 is 0.240 bits per heavy atom. The van der Waals surface area contributed by atoms with E-state index in [-0.39, 0.29) is 0 Å². The topological polar surface area (TPSA) is 0 Å². The van der Waals surface area contributed by atoms with Crippen LogP contribution in [-0.2, 0) is 0 Å². The summed E-state index contributed by atoms with van der Waals surface area (Å²) in [5.74, 6) is 30.3. The molecule has 0 heteroatoms. The first kappa shape index (κ1) is 102. The standard InChI is InChI=1S/2C28H58.2C20H42/c2*1-20(2)12-22(5)14-24(7)16-26(9)18-28(11)19-27(10)17-25(8)15-23(6)13-21(3)4;2*1-12(2)14(5)16(7)18(9)20(11)19(10)17(8)15(6)13(3)4/h2*20-28H,12-19H2,1-11H3;2*12-20H,1-11H3/t22-,23+,24-,25+,26-,27+,28?;22-,23-,24-,25-,26-,27-;;/m.1../s1. The predicted molar refractivity (Wildman–Crippen MR) is 449 cm³/mol. The molecule has 0 fully saturated rings. The van der Waals surface area contributed by atoms with Crippen LogP contribution in [0.2, 0.25) is 0 Å². The summed E-state index contributed by atoms with van der Waals surface area (Å²) in [4.78, 5) is 0. The highest BCUT2D eigenvalue weighted by Crippen LogP contribution is 2.42. The first-order valence-corrected chi connectivity index (χ1v) is 43.8. The summed E-state index contributed by atoms with van der Waals surface area (Å²) in [5.41, 5.74) is 0. The lowest BCUT2D eigenvalue weighted by Crippen LogP contribution is -2.33. The van der Waals surface area contributed by atoms with Crippen molar-refractivity contribution in [3.8, 4) is 0 Å². The van der Waals surface area contributed by atoms with Gasteiger partial charge in [-0.1, -0.05) is 305 Å². The summed E-state index contributed by atoms with van der Waals surface area (Å²) in [6.07, 6.45) is 22.6. The van der Waals surface area contributed by atoms with Gasteiger partial charge in [0.25, 0.3) is 0 Å². The maximum Gasteiger partial charge on any atom is -0.0386 e. The molecule has 0 saturated heterocycles. The van der Waals surface area contributed by atoms with Crippen LogP contribution in [0.1, 0.15) is 407 Å². The highest BCUT2D eigenvalue weighted by Gasteiger charge is 2.35. The van der Waals surface area contributed by atoms with Crippen LogP contribution in [0, 0.1) is 213 Å². The van der Waals surface area contributed by atoms with E-state index < -0.39 is 0 Å². The van der Waals surface area contributed by atoms with Crippen molar-refractivity contribution in [2.45, 2.75) is 407 Å². The molecule has 0 aromatic carbocycles.